The number of carboxylic acids is 1. The lowest BCUT2D eigenvalue weighted by molar-refractivity contribution is -0.143. The molecule has 1 aliphatic carbocycles. The van der Waals surface area contributed by atoms with E-state index < -0.39 is 28.1 Å². The Labute approximate surface area is 215 Å². The Kier molecular flexibility index (Phi) is 7.10. The molecule has 1 saturated heterocycles. The summed E-state index contributed by atoms with van der Waals surface area (Å²) in [6.45, 7) is 0.0454. The number of benzene rings is 3. The third kappa shape index (κ3) is 5.31. The summed E-state index contributed by atoms with van der Waals surface area (Å²) in [5, 5.41) is 12.1. The summed E-state index contributed by atoms with van der Waals surface area (Å²) in [6, 6.07) is 16.1. The molecule has 9 heteroatoms. The molecule has 0 amide bonds. The van der Waals surface area contributed by atoms with Crippen LogP contribution in [0.2, 0.25) is 5.02 Å². The summed E-state index contributed by atoms with van der Waals surface area (Å²) in [4.78, 5) is 12.2. The van der Waals surface area contributed by atoms with Crippen molar-refractivity contribution in [3.05, 3.63) is 65.7 Å². The fourth-order valence-corrected chi connectivity index (χ4v) is 6.78. The van der Waals surface area contributed by atoms with Crippen molar-refractivity contribution < 1.29 is 27.8 Å². The SMILES string of the molecule is O=C(O)[C@@H]1C[C@@H](Oc2ccc(Cl)cc2)CCN1S(=O)(=O)c1ccc2cc(OC3CCCC3)ccc2c1. The number of piperidine rings is 1. The number of rotatable bonds is 7. The Bertz CT molecular complexity index is 1350. The number of carboxylic acid groups (broad SMARTS) is 1. The molecule has 190 valence electrons. The molecule has 1 aliphatic heterocycles. The maximum Gasteiger partial charge on any atom is 0.322 e. The monoisotopic (exact) mass is 529 g/mol. The average Bonchev–Trinajstić information content (AvgIpc) is 3.38. The number of hydrogen-bond donors (Lipinski definition) is 1. The van der Waals surface area contributed by atoms with Gasteiger partial charge in [0.15, 0.2) is 0 Å². The van der Waals surface area contributed by atoms with E-state index in [0.717, 1.165) is 33.7 Å². The predicted octanol–water partition coefficient (Wildman–Crippen LogP) is 5.50. The molecule has 0 unspecified atom stereocenters. The van der Waals surface area contributed by atoms with E-state index in [4.69, 9.17) is 21.1 Å². The van der Waals surface area contributed by atoms with Crippen molar-refractivity contribution in [1.29, 1.82) is 0 Å². The van der Waals surface area contributed by atoms with Crippen LogP contribution in [0.4, 0.5) is 0 Å². The zero-order chi connectivity index (χ0) is 25.3. The summed E-state index contributed by atoms with van der Waals surface area (Å²) in [6.07, 6.45) is 4.72. The van der Waals surface area contributed by atoms with Crippen molar-refractivity contribution in [2.75, 3.05) is 6.54 Å². The van der Waals surface area contributed by atoms with Gasteiger partial charge in [0.25, 0.3) is 0 Å². The van der Waals surface area contributed by atoms with E-state index in [-0.39, 0.29) is 24.0 Å². The van der Waals surface area contributed by atoms with Crippen molar-refractivity contribution in [3.8, 4) is 11.5 Å². The summed E-state index contributed by atoms with van der Waals surface area (Å²) in [7, 11) is -4.03. The van der Waals surface area contributed by atoms with Crippen molar-refractivity contribution in [1.82, 2.24) is 4.31 Å². The first-order valence-electron chi connectivity index (χ1n) is 12.2. The largest absolute Gasteiger partial charge is 0.490 e. The molecule has 2 aliphatic rings. The molecule has 1 heterocycles. The molecule has 3 aromatic carbocycles. The molecule has 1 N–H and O–H groups in total. The molecular weight excluding hydrogens is 502 g/mol. The molecular formula is C27H28ClNO6S. The second-order valence-corrected chi connectivity index (χ2v) is 11.7. The Morgan fingerprint density at radius 3 is 2.22 bits per heavy atom. The topological polar surface area (TPSA) is 93.1 Å². The molecule has 36 heavy (non-hydrogen) atoms. The van der Waals surface area contributed by atoms with Gasteiger partial charge in [-0.05, 0) is 91.4 Å². The number of aliphatic carboxylic acids is 1. The predicted molar refractivity (Wildman–Crippen MR) is 137 cm³/mol. The van der Waals surface area contributed by atoms with Crippen LogP contribution in [0.15, 0.2) is 65.6 Å². The highest BCUT2D eigenvalue weighted by molar-refractivity contribution is 7.89. The third-order valence-electron chi connectivity index (χ3n) is 6.90. The fraction of sp³-hybridized carbons (Fsp3) is 0.370. The fourth-order valence-electron chi connectivity index (χ4n) is 5.01. The van der Waals surface area contributed by atoms with Crippen LogP contribution in [0.1, 0.15) is 38.5 Å². The van der Waals surface area contributed by atoms with Crippen LogP contribution in [-0.2, 0) is 14.8 Å². The minimum absolute atomic E-state index is 0.0454. The number of carbonyl (C=O) groups is 1. The zero-order valence-electron chi connectivity index (χ0n) is 19.7. The van der Waals surface area contributed by atoms with Crippen molar-refractivity contribution >= 4 is 38.4 Å². The summed E-state index contributed by atoms with van der Waals surface area (Å²) >= 11 is 5.91. The zero-order valence-corrected chi connectivity index (χ0v) is 21.2. The second-order valence-electron chi connectivity index (χ2n) is 9.38. The molecule has 2 atom stereocenters. The van der Waals surface area contributed by atoms with Gasteiger partial charge in [-0.15, -0.1) is 0 Å². The first kappa shape index (κ1) is 24.9. The number of fused-ring (bicyclic) bond motifs is 1. The molecule has 7 nitrogen and oxygen atoms in total. The van der Waals surface area contributed by atoms with Gasteiger partial charge in [0.1, 0.15) is 23.6 Å². The van der Waals surface area contributed by atoms with Crippen molar-refractivity contribution in [2.24, 2.45) is 0 Å². The van der Waals surface area contributed by atoms with Crippen LogP contribution in [0.25, 0.3) is 10.8 Å². The summed E-state index contributed by atoms with van der Waals surface area (Å²) < 4.78 is 40.1. The van der Waals surface area contributed by atoms with Crippen LogP contribution in [-0.4, -0.2) is 48.6 Å². The van der Waals surface area contributed by atoms with Crippen LogP contribution in [0, 0.1) is 0 Å². The number of nitrogens with zero attached hydrogens (tertiary/aromatic N) is 1. The van der Waals surface area contributed by atoms with Gasteiger partial charge in [0, 0.05) is 18.0 Å². The van der Waals surface area contributed by atoms with E-state index >= 15 is 0 Å². The van der Waals surface area contributed by atoms with Crippen LogP contribution < -0.4 is 9.47 Å². The van der Waals surface area contributed by atoms with Crippen molar-refractivity contribution in [2.45, 2.75) is 61.7 Å². The van der Waals surface area contributed by atoms with Gasteiger partial charge in [-0.3, -0.25) is 4.79 Å². The van der Waals surface area contributed by atoms with E-state index in [1.165, 1.54) is 18.9 Å². The van der Waals surface area contributed by atoms with E-state index in [1.54, 1.807) is 36.4 Å². The summed E-state index contributed by atoms with van der Waals surface area (Å²) in [5.41, 5.74) is 0. The smallest absolute Gasteiger partial charge is 0.322 e. The van der Waals surface area contributed by atoms with E-state index in [0.29, 0.717) is 17.2 Å². The van der Waals surface area contributed by atoms with Crippen LogP contribution in [0.5, 0.6) is 11.5 Å². The lowest BCUT2D eigenvalue weighted by Crippen LogP contribution is -2.52. The third-order valence-corrected chi connectivity index (χ3v) is 9.06. The molecule has 2 fully saturated rings. The Hall–Kier alpha value is -2.81. The van der Waals surface area contributed by atoms with Gasteiger partial charge < -0.3 is 14.6 Å². The first-order valence-corrected chi connectivity index (χ1v) is 14.0. The van der Waals surface area contributed by atoms with Gasteiger partial charge in [0.05, 0.1) is 11.0 Å². The highest BCUT2D eigenvalue weighted by atomic mass is 35.5. The lowest BCUT2D eigenvalue weighted by Gasteiger charge is -2.36. The quantitative estimate of drug-likeness (QED) is 0.434. The van der Waals surface area contributed by atoms with Gasteiger partial charge in [-0.25, -0.2) is 8.42 Å². The Morgan fingerprint density at radius 1 is 0.861 bits per heavy atom. The first-order chi connectivity index (χ1) is 17.3. The minimum atomic E-state index is -4.03. The van der Waals surface area contributed by atoms with Crippen molar-refractivity contribution in [3.63, 3.8) is 0 Å². The molecule has 1 saturated carbocycles. The highest BCUT2D eigenvalue weighted by Crippen LogP contribution is 2.32. The van der Waals surface area contributed by atoms with Crippen LogP contribution >= 0.6 is 11.6 Å². The molecule has 0 spiro atoms. The van der Waals surface area contributed by atoms with E-state index in [2.05, 4.69) is 0 Å². The number of ether oxygens (including phenoxy) is 2. The maximum absolute atomic E-state index is 13.5. The summed E-state index contributed by atoms with van der Waals surface area (Å²) in [5.74, 6) is 0.145. The molecule has 3 aromatic rings. The number of halogens is 1. The maximum atomic E-state index is 13.5. The van der Waals surface area contributed by atoms with Gasteiger partial charge >= 0.3 is 5.97 Å². The molecule has 0 aromatic heterocycles. The number of sulfonamides is 1. The second kappa shape index (κ2) is 10.3. The Morgan fingerprint density at radius 2 is 1.50 bits per heavy atom. The molecule has 0 radical (unpaired) electrons. The standard InChI is InChI=1S/C27H28ClNO6S/c28-20-7-10-22(11-8-20)35-24-13-14-29(26(17-24)27(30)31)36(32,33)25-12-6-18-15-23(9-5-19(18)16-25)34-21-3-1-2-4-21/h5-12,15-16,21,24,26H,1-4,13-14,17H2,(H,30,31)/t24-,26-/m0/s1. The normalized spacial score (nSPS) is 21.5. The minimum Gasteiger partial charge on any atom is -0.490 e. The van der Waals surface area contributed by atoms with E-state index in [9.17, 15) is 18.3 Å². The average molecular weight is 530 g/mol. The van der Waals surface area contributed by atoms with E-state index in [1.807, 2.05) is 18.2 Å². The van der Waals surface area contributed by atoms with Crippen LogP contribution in [0.3, 0.4) is 0 Å². The lowest BCUT2D eigenvalue weighted by atomic mass is 10.0. The Balaban J connectivity index is 1.34. The van der Waals surface area contributed by atoms with Gasteiger partial charge in [0.2, 0.25) is 10.0 Å². The van der Waals surface area contributed by atoms with Gasteiger partial charge in [-0.2, -0.15) is 4.31 Å². The van der Waals surface area contributed by atoms with Gasteiger partial charge in [-0.1, -0.05) is 23.7 Å². The highest BCUT2D eigenvalue weighted by Gasteiger charge is 2.41. The molecule has 5 rings (SSSR count). The molecule has 0 bridgehead atoms. The number of hydrogen-bond acceptors (Lipinski definition) is 5.